The molecule has 30 heavy (non-hydrogen) atoms. The first-order valence-electron chi connectivity index (χ1n) is 10.2. The van der Waals surface area contributed by atoms with Crippen LogP contribution in [0.5, 0.6) is 11.5 Å². The largest absolute Gasteiger partial charge is 0.507 e. The number of likely N-dealkylation sites (tertiary alicyclic amines) is 1. The summed E-state index contributed by atoms with van der Waals surface area (Å²) in [6.45, 7) is 1.65. The summed E-state index contributed by atoms with van der Waals surface area (Å²) in [5, 5.41) is 22.5. The highest BCUT2D eigenvalue weighted by molar-refractivity contribution is 6.31. The molecule has 1 atom stereocenters. The second-order valence-corrected chi connectivity index (χ2v) is 8.02. The number of benzene rings is 3. The van der Waals surface area contributed by atoms with Crippen molar-refractivity contribution in [2.75, 3.05) is 13.1 Å². The van der Waals surface area contributed by atoms with Gasteiger partial charge in [0.15, 0.2) is 5.78 Å². The maximum absolute atomic E-state index is 13.1. The van der Waals surface area contributed by atoms with Gasteiger partial charge in [-0.05, 0) is 49.7 Å². The van der Waals surface area contributed by atoms with Gasteiger partial charge in [0.25, 0.3) is 0 Å². The van der Waals surface area contributed by atoms with Crippen LogP contribution in [-0.2, 0) is 0 Å². The van der Waals surface area contributed by atoms with Crippen molar-refractivity contribution in [3.05, 3.63) is 94.0 Å². The third kappa shape index (κ3) is 3.93. The number of piperidine rings is 1. The van der Waals surface area contributed by atoms with Crippen molar-refractivity contribution in [3.63, 3.8) is 0 Å². The molecule has 1 aliphatic rings. The van der Waals surface area contributed by atoms with Crippen molar-refractivity contribution in [2.45, 2.75) is 25.3 Å². The Morgan fingerprint density at radius 2 is 1.53 bits per heavy atom. The molecule has 1 heterocycles. The van der Waals surface area contributed by atoms with Gasteiger partial charge >= 0.3 is 0 Å². The SMILES string of the molecule is O=C(c1ccccc1)c1ccc(O)c(C(c2ccccc2Cl)N2CCCCC2)c1O. The third-order valence-corrected chi connectivity index (χ3v) is 6.05. The summed E-state index contributed by atoms with van der Waals surface area (Å²) >= 11 is 6.53. The number of hydrogen-bond acceptors (Lipinski definition) is 4. The highest BCUT2D eigenvalue weighted by Crippen LogP contribution is 2.44. The van der Waals surface area contributed by atoms with Gasteiger partial charge in [-0.2, -0.15) is 0 Å². The molecule has 3 aromatic carbocycles. The van der Waals surface area contributed by atoms with Crippen molar-refractivity contribution < 1.29 is 15.0 Å². The second-order valence-electron chi connectivity index (χ2n) is 7.61. The first kappa shape index (κ1) is 20.5. The summed E-state index contributed by atoms with van der Waals surface area (Å²) in [6.07, 6.45) is 3.21. The van der Waals surface area contributed by atoms with Crippen LogP contribution in [0, 0.1) is 0 Å². The van der Waals surface area contributed by atoms with E-state index in [2.05, 4.69) is 4.90 Å². The fourth-order valence-electron chi connectivity index (χ4n) is 4.20. The number of aromatic hydroxyl groups is 2. The van der Waals surface area contributed by atoms with Crippen LogP contribution >= 0.6 is 11.6 Å². The molecule has 154 valence electrons. The lowest BCUT2D eigenvalue weighted by atomic mass is 9.90. The number of halogens is 1. The molecule has 1 fully saturated rings. The number of carbonyl (C=O) groups is 1. The first-order chi connectivity index (χ1) is 14.6. The van der Waals surface area contributed by atoms with Gasteiger partial charge in [0, 0.05) is 10.6 Å². The van der Waals surface area contributed by atoms with E-state index in [0.717, 1.165) is 37.9 Å². The molecular formula is C25H24ClNO3. The number of phenols is 2. The molecule has 4 rings (SSSR count). The molecule has 3 aromatic rings. The van der Waals surface area contributed by atoms with E-state index < -0.39 is 6.04 Å². The first-order valence-corrected chi connectivity index (χ1v) is 10.6. The minimum absolute atomic E-state index is 0.0485. The second kappa shape index (κ2) is 8.90. The normalized spacial score (nSPS) is 15.6. The minimum Gasteiger partial charge on any atom is -0.507 e. The quantitative estimate of drug-likeness (QED) is 0.529. The third-order valence-electron chi connectivity index (χ3n) is 5.70. The van der Waals surface area contributed by atoms with Crippen LogP contribution in [0.3, 0.4) is 0 Å². The summed E-state index contributed by atoms with van der Waals surface area (Å²) < 4.78 is 0. The predicted molar refractivity (Wildman–Crippen MR) is 118 cm³/mol. The van der Waals surface area contributed by atoms with Crippen LogP contribution in [-0.4, -0.2) is 34.0 Å². The molecule has 0 aromatic heterocycles. The van der Waals surface area contributed by atoms with Gasteiger partial charge in [-0.15, -0.1) is 0 Å². The molecule has 0 amide bonds. The Morgan fingerprint density at radius 1 is 0.867 bits per heavy atom. The number of phenolic OH excluding ortho intramolecular Hbond substituents is 2. The van der Waals surface area contributed by atoms with Crippen molar-refractivity contribution in [1.82, 2.24) is 4.90 Å². The Kier molecular flexibility index (Phi) is 6.07. The molecule has 0 aliphatic carbocycles. The Morgan fingerprint density at radius 3 is 2.23 bits per heavy atom. The summed E-state index contributed by atoms with van der Waals surface area (Å²) in [6, 6.07) is 18.8. The average Bonchev–Trinajstić information content (AvgIpc) is 2.78. The lowest BCUT2D eigenvalue weighted by molar-refractivity contribution is 0.103. The fraction of sp³-hybridized carbons (Fsp3) is 0.240. The average molecular weight is 422 g/mol. The highest BCUT2D eigenvalue weighted by atomic mass is 35.5. The van der Waals surface area contributed by atoms with Gasteiger partial charge in [0.2, 0.25) is 0 Å². The Balaban J connectivity index is 1.86. The number of carbonyl (C=O) groups excluding carboxylic acids is 1. The van der Waals surface area contributed by atoms with Gasteiger partial charge in [-0.3, -0.25) is 9.69 Å². The lowest BCUT2D eigenvalue weighted by Crippen LogP contribution is -2.34. The van der Waals surface area contributed by atoms with E-state index in [0.29, 0.717) is 16.1 Å². The Labute approximate surface area is 181 Å². The van der Waals surface area contributed by atoms with Gasteiger partial charge in [0.1, 0.15) is 11.5 Å². The van der Waals surface area contributed by atoms with Gasteiger partial charge in [-0.1, -0.05) is 66.6 Å². The number of hydrogen-bond donors (Lipinski definition) is 2. The predicted octanol–water partition coefficient (Wildman–Crippen LogP) is 5.56. The van der Waals surface area contributed by atoms with Crippen LogP contribution < -0.4 is 0 Å². The smallest absolute Gasteiger partial charge is 0.196 e. The van der Waals surface area contributed by atoms with E-state index in [1.807, 2.05) is 24.3 Å². The summed E-state index contributed by atoms with van der Waals surface area (Å²) in [5.74, 6) is -0.530. The van der Waals surface area contributed by atoms with Crippen LogP contribution in [0.25, 0.3) is 0 Å². The monoisotopic (exact) mass is 421 g/mol. The maximum Gasteiger partial charge on any atom is 0.196 e. The summed E-state index contributed by atoms with van der Waals surface area (Å²) in [5.41, 5.74) is 1.78. The molecule has 2 N–H and O–H groups in total. The molecule has 0 bridgehead atoms. The van der Waals surface area contributed by atoms with E-state index in [-0.39, 0.29) is 22.8 Å². The van der Waals surface area contributed by atoms with E-state index in [4.69, 9.17) is 11.6 Å². The van der Waals surface area contributed by atoms with E-state index in [9.17, 15) is 15.0 Å². The Bertz CT molecular complexity index is 1050. The molecule has 1 saturated heterocycles. The lowest BCUT2D eigenvalue weighted by Gasteiger charge is -2.36. The fourth-order valence-corrected chi connectivity index (χ4v) is 4.44. The zero-order valence-electron chi connectivity index (χ0n) is 16.6. The zero-order chi connectivity index (χ0) is 21.1. The number of rotatable bonds is 5. The highest BCUT2D eigenvalue weighted by Gasteiger charge is 2.32. The van der Waals surface area contributed by atoms with E-state index >= 15 is 0 Å². The van der Waals surface area contributed by atoms with Gasteiger partial charge in [-0.25, -0.2) is 0 Å². The molecular weight excluding hydrogens is 398 g/mol. The molecule has 0 saturated carbocycles. The summed E-state index contributed by atoms with van der Waals surface area (Å²) in [7, 11) is 0. The van der Waals surface area contributed by atoms with Gasteiger partial charge < -0.3 is 10.2 Å². The number of ketones is 1. The zero-order valence-corrected chi connectivity index (χ0v) is 17.3. The molecule has 1 aliphatic heterocycles. The molecule has 4 nitrogen and oxygen atoms in total. The van der Waals surface area contributed by atoms with E-state index in [1.54, 1.807) is 30.3 Å². The molecule has 0 radical (unpaired) electrons. The van der Waals surface area contributed by atoms with Crippen molar-refractivity contribution in [1.29, 1.82) is 0 Å². The van der Waals surface area contributed by atoms with Crippen molar-refractivity contribution in [3.8, 4) is 11.5 Å². The molecule has 1 unspecified atom stereocenters. The topological polar surface area (TPSA) is 60.8 Å². The summed E-state index contributed by atoms with van der Waals surface area (Å²) in [4.78, 5) is 15.3. The molecule has 5 heteroatoms. The van der Waals surface area contributed by atoms with Crippen molar-refractivity contribution in [2.24, 2.45) is 0 Å². The van der Waals surface area contributed by atoms with Gasteiger partial charge in [0.05, 0.1) is 17.2 Å². The van der Waals surface area contributed by atoms with Crippen LogP contribution in [0.15, 0.2) is 66.7 Å². The minimum atomic E-state index is -0.442. The van der Waals surface area contributed by atoms with Crippen LogP contribution in [0.1, 0.15) is 52.4 Å². The maximum atomic E-state index is 13.1. The van der Waals surface area contributed by atoms with E-state index in [1.165, 1.54) is 12.1 Å². The van der Waals surface area contributed by atoms with Crippen molar-refractivity contribution >= 4 is 17.4 Å². The Hall–Kier alpha value is -2.82. The van der Waals surface area contributed by atoms with Crippen LogP contribution in [0.2, 0.25) is 5.02 Å². The van der Waals surface area contributed by atoms with Crippen LogP contribution in [0.4, 0.5) is 0 Å². The molecule has 0 spiro atoms. The number of nitrogens with zero attached hydrogens (tertiary/aromatic N) is 1. The standard InChI is InChI=1S/C25H24ClNO3/c26-20-12-6-5-11-18(20)23(27-15-7-2-8-16-27)22-21(28)14-13-19(25(22)30)24(29)17-9-3-1-4-10-17/h1,3-6,9-14,23,28,30H,2,7-8,15-16H2.